The Morgan fingerprint density at radius 1 is 1.36 bits per heavy atom. The number of aliphatic hydroxyl groups excluding tert-OH is 1. The maximum absolute atomic E-state index is 12.3. The summed E-state index contributed by atoms with van der Waals surface area (Å²) < 4.78 is 1.76. The summed E-state index contributed by atoms with van der Waals surface area (Å²) in [4.78, 5) is 12.3. The van der Waals surface area contributed by atoms with Crippen molar-refractivity contribution in [3.63, 3.8) is 0 Å². The zero-order valence-corrected chi connectivity index (χ0v) is 15.4. The summed E-state index contributed by atoms with van der Waals surface area (Å²) in [6, 6.07) is 7.96. The van der Waals surface area contributed by atoms with Crippen molar-refractivity contribution in [1.29, 1.82) is 0 Å². The van der Waals surface area contributed by atoms with Gasteiger partial charge in [0.1, 0.15) is 0 Å². The number of carbonyl (C=O) groups excluding carboxylic acids is 1. The third-order valence-corrected chi connectivity index (χ3v) is 4.91. The van der Waals surface area contributed by atoms with Crippen LogP contribution in [0.1, 0.15) is 55.9 Å². The van der Waals surface area contributed by atoms with Crippen molar-refractivity contribution in [2.75, 3.05) is 6.54 Å². The summed E-state index contributed by atoms with van der Waals surface area (Å²) in [5.74, 6) is 0.274. The van der Waals surface area contributed by atoms with Gasteiger partial charge in [-0.25, -0.2) is 0 Å². The van der Waals surface area contributed by atoms with Crippen LogP contribution in [0.15, 0.2) is 36.7 Å². The van der Waals surface area contributed by atoms with E-state index in [2.05, 4.69) is 31.2 Å². The highest BCUT2D eigenvalue weighted by atomic mass is 16.3. The van der Waals surface area contributed by atoms with E-state index in [9.17, 15) is 9.90 Å². The SMILES string of the molecule is Cn1cc([C@@H]2C[C@@H]2C(=O)NC[C@H](O)c2ccc(C(C)(C)C)cc2)cn1. The number of benzene rings is 1. The Balaban J connectivity index is 1.51. The molecule has 1 aliphatic carbocycles. The van der Waals surface area contributed by atoms with Crippen LogP contribution < -0.4 is 5.32 Å². The lowest BCUT2D eigenvalue weighted by Crippen LogP contribution is -2.30. The number of nitrogens with zero attached hydrogens (tertiary/aromatic N) is 2. The van der Waals surface area contributed by atoms with Gasteiger partial charge in [0.05, 0.1) is 12.3 Å². The number of hydrogen-bond acceptors (Lipinski definition) is 3. The Morgan fingerprint density at radius 3 is 2.60 bits per heavy atom. The minimum atomic E-state index is -0.687. The first-order valence-corrected chi connectivity index (χ1v) is 8.80. The molecule has 1 fully saturated rings. The molecule has 2 N–H and O–H groups in total. The summed E-state index contributed by atoms with van der Waals surface area (Å²) >= 11 is 0. The molecule has 1 aliphatic rings. The molecule has 0 aliphatic heterocycles. The van der Waals surface area contributed by atoms with Crippen molar-refractivity contribution in [3.8, 4) is 0 Å². The zero-order chi connectivity index (χ0) is 18.2. The predicted molar refractivity (Wildman–Crippen MR) is 97.2 cm³/mol. The van der Waals surface area contributed by atoms with Gasteiger partial charge in [0.25, 0.3) is 0 Å². The molecule has 2 aromatic rings. The predicted octanol–water partition coefficient (Wildman–Crippen LogP) is 2.67. The molecule has 1 aromatic heterocycles. The summed E-state index contributed by atoms with van der Waals surface area (Å²) in [5.41, 5.74) is 3.25. The Kier molecular flexibility index (Phi) is 4.69. The molecule has 3 rings (SSSR count). The number of nitrogens with one attached hydrogen (secondary N) is 1. The van der Waals surface area contributed by atoms with Crippen molar-refractivity contribution in [2.45, 2.75) is 44.6 Å². The molecule has 1 saturated carbocycles. The molecule has 0 unspecified atom stereocenters. The van der Waals surface area contributed by atoms with Gasteiger partial charge in [0.2, 0.25) is 5.91 Å². The van der Waals surface area contributed by atoms with Crippen molar-refractivity contribution in [1.82, 2.24) is 15.1 Å². The van der Waals surface area contributed by atoms with E-state index in [1.54, 1.807) is 4.68 Å². The number of aromatic nitrogens is 2. The fourth-order valence-corrected chi connectivity index (χ4v) is 3.14. The fourth-order valence-electron chi connectivity index (χ4n) is 3.14. The molecule has 0 bridgehead atoms. The Hall–Kier alpha value is -2.14. The van der Waals surface area contributed by atoms with E-state index in [-0.39, 0.29) is 29.7 Å². The fraction of sp³-hybridized carbons (Fsp3) is 0.500. The topological polar surface area (TPSA) is 67.2 Å². The van der Waals surface area contributed by atoms with Gasteiger partial charge in [-0.05, 0) is 34.4 Å². The van der Waals surface area contributed by atoms with Crippen molar-refractivity contribution in [2.24, 2.45) is 13.0 Å². The van der Waals surface area contributed by atoms with Crippen LogP contribution in [-0.4, -0.2) is 27.3 Å². The number of aryl methyl sites for hydroxylation is 1. The molecular formula is C20H27N3O2. The molecule has 0 saturated heterocycles. The molecule has 0 radical (unpaired) electrons. The van der Waals surface area contributed by atoms with Crippen LogP contribution in [-0.2, 0) is 17.3 Å². The Labute approximate surface area is 149 Å². The smallest absolute Gasteiger partial charge is 0.223 e. The van der Waals surface area contributed by atoms with E-state index < -0.39 is 6.10 Å². The average Bonchev–Trinajstić information content (AvgIpc) is 3.26. The summed E-state index contributed by atoms with van der Waals surface area (Å²) in [6.45, 7) is 6.72. The average molecular weight is 341 g/mol. The van der Waals surface area contributed by atoms with Crippen LogP contribution in [0.3, 0.4) is 0 Å². The second-order valence-electron chi connectivity index (χ2n) is 8.03. The lowest BCUT2D eigenvalue weighted by Gasteiger charge is -2.20. The van der Waals surface area contributed by atoms with Gasteiger partial charge in [-0.3, -0.25) is 9.48 Å². The maximum atomic E-state index is 12.3. The van der Waals surface area contributed by atoms with E-state index in [0.717, 1.165) is 17.5 Å². The number of rotatable bonds is 5. The largest absolute Gasteiger partial charge is 0.387 e. The molecule has 0 spiro atoms. The molecular weight excluding hydrogens is 314 g/mol. The second kappa shape index (κ2) is 6.64. The highest BCUT2D eigenvalue weighted by Crippen LogP contribution is 2.47. The van der Waals surface area contributed by atoms with Gasteiger partial charge in [-0.15, -0.1) is 0 Å². The quantitative estimate of drug-likeness (QED) is 0.879. The van der Waals surface area contributed by atoms with Crippen molar-refractivity contribution >= 4 is 5.91 Å². The lowest BCUT2D eigenvalue weighted by molar-refractivity contribution is -0.122. The standard InChI is InChI=1S/C20H27N3O2/c1-20(2,3)15-7-5-13(6-8-15)18(24)11-21-19(25)17-9-16(17)14-10-22-23(4)12-14/h5-8,10,12,16-18,24H,9,11H2,1-4H3,(H,21,25)/t16-,17-,18-/m0/s1. The van der Waals surface area contributed by atoms with Crippen molar-refractivity contribution < 1.29 is 9.90 Å². The van der Waals surface area contributed by atoms with Gasteiger partial charge in [0, 0.05) is 25.7 Å². The summed E-state index contributed by atoms with van der Waals surface area (Å²) in [5, 5.41) is 17.4. The molecule has 134 valence electrons. The van der Waals surface area contributed by atoms with E-state index >= 15 is 0 Å². The maximum Gasteiger partial charge on any atom is 0.223 e. The molecule has 1 heterocycles. The minimum Gasteiger partial charge on any atom is -0.387 e. The second-order valence-corrected chi connectivity index (χ2v) is 8.03. The van der Waals surface area contributed by atoms with Crippen LogP contribution in [0.2, 0.25) is 0 Å². The normalized spacial score (nSPS) is 21.0. The lowest BCUT2D eigenvalue weighted by atomic mass is 9.86. The molecule has 1 aromatic carbocycles. The highest BCUT2D eigenvalue weighted by Gasteiger charge is 2.44. The number of aliphatic hydroxyl groups is 1. The first-order valence-electron chi connectivity index (χ1n) is 8.80. The van der Waals surface area contributed by atoms with Crippen LogP contribution in [0.4, 0.5) is 0 Å². The molecule has 25 heavy (non-hydrogen) atoms. The van der Waals surface area contributed by atoms with Gasteiger partial charge in [-0.2, -0.15) is 5.10 Å². The van der Waals surface area contributed by atoms with Gasteiger partial charge < -0.3 is 10.4 Å². The van der Waals surface area contributed by atoms with Gasteiger partial charge >= 0.3 is 0 Å². The third-order valence-electron chi connectivity index (χ3n) is 4.91. The minimum absolute atomic E-state index is 0.000309. The monoisotopic (exact) mass is 341 g/mol. The number of hydrogen-bond donors (Lipinski definition) is 2. The highest BCUT2D eigenvalue weighted by molar-refractivity contribution is 5.82. The number of carbonyl (C=O) groups is 1. The summed E-state index contributed by atoms with van der Waals surface area (Å²) in [6.07, 6.45) is 3.95. The van der Waals surface area contributed by atoms with Gasteiger partial charge in [-0.1, -0.05) is 45.0 Å². The molecule has 5 nitrogen and oxygen atoms in total. The summed E-state index contributed by atoms with van der Waals surface area (Å²) in [7, 11) is 1.88. The first kappa shape index (κ1) is 17.7. The third kappa shape index (κ3) is 4.10. The number of amides is 1. The van der Waals surface area contributed by atoms with Gasteiger partial charge in [0.15, 0.2) is 0 Å². The molecule has 1 amide bonds. The first-order chi connectivity index (χ1) is 11.8. The van der Waals surface area contributed by atoms with E-state index in [1.165, 1.54) is 5.56 Å². The molecule has 5 heteroatoms. The Morgan fingerprint density at radius 2 is 2.04 bits per heavy atom. The van der Waals surface area contributed by atoms with E-state index in [1.807, 2.05) is 43.7 Å². The van der Waals surface area contributed by atoms with E-state index in [4.69, 9.17) is 0 Å². The zero-order valence-electron chi connectivity index (χ0n) is 15.4. The molecule has 3 atom stereocenters. The van der Waals surface area contributed by atoms with Crippen LogP contribution in [0.5, 0.6) is 0 Å². The Bertz CT molecular complexity index is 743. The van der Waals surface area contributed by atoms with Crippen molar-refractivity contribution in [3.05, 3.63) is 53.3 Å². The van der Waals surface area contributed by atoms with Crippen LogP contribution in [0, 0.1) is 5.92 Å². The van der Waals surface area contributed by atoms with Crippen LogP contribution >= 0.6 is 0 Å². The van der Waals surface area contributed by atoms with E-state index in [0.29, 0.717) is 0 Å². The van der Waals surface area contributed by atoms with Crippen LogP contribution in [0.25, 0.3) is 0 Å².